The average Bonchev–Trinajstić information content (AvgIpc) is 2.51. The Hall–Kier alpha value is -2.01. The largest absolute Gasteiger partial charge is 0.362 e. The number of halogens is 1. The van der Waals surface area contributed by atoms with Gasteiger partial charge in [-0.1, -0.05) is 15.9 Å². The lowest BCUT2D eigenvalue weighted by Crippen LogP contribution is -2.12. The molecule has 21 heavy (non-hydrogen) atoms. The lowest BCUT2D eigenvalue weighted by atomic mass is 10.1. The molecule has 0 aliphatic heterocycles. The van der Waals surface area contributed by atoms with Gasteiger partial charge in [-0.2, -0.15) is 0 Å². The smallest absolute Gasteiger partial charge is 0.163 e. The van der Waals surface area contributed by atoms with E-state index in [-0.39, 0.29) is 0 Å². The molecule has 0 spiro atoms. The number of benzene rings is 1. The summed E-state index contributed by atoms with van der Waals surface area (Å²) in [6, 6.07) is 7.96. The lowest BCUT2D eigenvalue weighted by Gasteiger charge is -2.16. The summed E-state index contributed by atoms with van der Waals surface area (Å²) in [5.74, 6) is 1.61. The zero-order chi connectivity index (χ0) is 15.0. The molecule has 1 aromatic carbocycles. The van der Waals surface area contributed by atoms with Gasteiger partial charge in [0.25, 0.3) is 0 Å². The number of aromatic nitrogens is 3. The molecule has 0 saturated heterocycles. The van der Waals surface area contributed by atoms with Crippen LogP contribution in [0.5, 0.6) is 0 Å². The van der Waals surface area contributed by atoms with Gasteiger partial charge in [-0.15, -0.1) is 0 Å². The SMILES string of the molecule is Cc1c(Br)ccc2c(N(C)C)nc(-c3cccnc3)nc12. The van der Waals surface area contributed by atoms with Crippen LogP contribution in [0.2, 0.25) is 0 Å². The topological polar surface area (TPSA) is 41.9 Å². The van der Waals surface area contributed by atoms with Gasteiger partial charge in [0.1, 0.15) is 5.82 Å². The molecule has 0 atom stereocenters. The molecule has 0 N–H and O–H groups in total. The van der Waals surface area contributed by atoms with Crippen LogP contribution in [0.3, 0.4) is 0 Å². The van der Waals surface area contributed by atoms with Crippen molar-refractivity contribution in [3.63, 3.8) is 0 Å². The van der Waals surface area contributed by atoms with Crippen molar-refractivity contribution in [2.75, 3.05) is 19.0 Å². The number of fused-ring (bicyclic) bond motifs is 1. The average molecular weight is 343 g/mol. The molecule has 0 amide bonds. The van der Waals surface area contributed by atoms with E-state index in [0.717, 1.165) is 32.3 Å². The van der Waals surface area contributed by atoms with E-state index in [1.165, 1.54) is 0 Å². The second kappa shape index (κ2) is 5.41. The first-order valence-corrected chi connectivity index (χ1v) is 7.42. The van der Waals surface area contributed by atoms with Crippen molar-refractivity contribution in [3.8, 4) is 11.4 Å². The fraction of sp³-hybridized carbons (Fsp3) is 0.188. The molecule has 3 aromatic rings. The molecule has 4 nitrogen and oxygen atoms in total. The zero-order valence-corrected chi connectivity index (χ0v) is 13.7. The molecule has 0 aliphatic rings. The molecule has 0 aliphatic carbocycles. The Kier molecular flexibility index (Phi) is 3.59. The van der Waals surface area contributed by atoms with Crippen LogP contribution >= 0.6 is 15.9 Å². The molecule has 5 heteroatoms. The van der Waals surface area contributed by atoms with Crippen molar-refractivity contribution in [1.82, 2.24) is 15.0 Å². The quantitative estimate of drug-likeness (QED) is 0.709. The number of aryl methyl sites for hydroxylation is 1. The van der Waals surface area contributed by atoms with Gasteiger partial charge in [-0.3, -0.25) is 4.98 Å². The fourth-order valence-corrected chi connectivity index (χ4v) is 2.58. The molecule has 0 fully saturated rings. The van der Waals surface area contributed by atoms with Crippen LogP contribution in [0.1, 0.15) is 5.56 Å². The number of nitrogens with zero attached hydrogens (tertiary/aromatic N) is 4. The monoisotopic (exact) mass is 342 g/mol. The highest BCUT2D eigenvalue weighted by atomic mass is 79.9. The summed E-state index contributed by atoms with van der Waals surface area (Å²) in [6.45, 7) is 2.06. The van der Waals surface area contributed by atoms with E-state index in [4.69, 9.17) is 9.97 Å². The van der Waals surface area contributed by atoms with E-state index in [1.54, 1.807) is 12.4 Å². The Balaban J connectivity index is 2.36. The van der Waals surface area contributed by atoms with E-state index in [2.05, 4.69) is 33.9 Å². The third-order valence-corrected chi connectivity index (χ3v) is 4.24. The molecule has 106 valence electrons. The first-order chi connectivity index (χ1) is 10.1. The van der Waals surface area contributed by atoms with Crippen LogP contribution in [0.15, 0.2) is 41.1 Å². The van der Waals surface area contributed by atoms with Crippen LogP contribution in [-0.4, -0.2) is 29.0 Å². The maximum atomic E-state index is 4.74. The predicted molar refractivity (Wildman–Crippen MR) is 89.5 cm³/mol. The van der Waals surface area contributed by atoms with Crippen molar-refractivity contribution in [2.24, 2.45) is 0 Å². The molecular formula is C16H15BrN4. The van der Waals surface area contributed by atoms with Crippen molar-refractivity contribution in [2.45, 2.75) is 6.92 Å². The highest BCUT2D eigenvalue weighted by Crippen LogP contribution is 2.31. The van der Waals surface area contributed by atoms with Crippen LogP contribution in [0.4, 0.5) is 5.82 Å². The molecule has 3 rings (SSSR count). The number of rotatable bonds is 2. The molecule has 2 aromatic heterocycles. The number of hydrogen-bond acceptors (Lipinski definition) is 4. The maximum absolute atomic E-state index is 4.74. The van der Waals surface area contributed by atoms with Crippen molar-refractivity contribution >= 4 is 32.7 Å². The van der Waals surface area contributed by atoms with Gasteiger partial charge in [0.2, 0.25) is 0 Å². The molecule has 0 unspecified atom stereocenters. The van der Waals surface area contributed by atoms with Gasteiger partial charge in [0.15, 0.2) is 5.82 Å². The second-order valence-electron chi connectivity index (χ2n) is 5.08. The Morgan fingerprint density at radius 2 is 1.90 bits per heavy atom. The van der Waals surface area contributed by atoms with Crippen LogP contribution in [-0.2, 0) is 0 Å². The minimum Gasteiger partial charge on any atom is -0.362 e. The van der Waals surface area contributed by atoms with Crippen LogP contribution in [0, 0.1) is 6.92 Å². The van der Waals surface area contributed by atoms with E-state index in [9.17, 15) is 0 Å². The summed E-state index contributed by atoms with van der Waals surface area (Å²) in [5, 5.41) is 1.05. The Morgan fingerprint density at radius 1 is 1.10 bits per heavy atom. The summed E-state index contributed by atoms with van der Waals surface area (Å²) >= 11 is 3.57. The summed E-state index contributed by atoms with van der Waals surface area (Å²) in [7, 11) is 3.98. The van der Waals surface area contributed by atoms with E-state index >= 15 is 0 Å². The standard InChI is InChI=1S/C16H15BrN4/c1-10-13(17)7-6-12-14(10)19-15(20-16(12)21(2)3)11-5-4-8-18-9-11/h4-9H,1-3H3. The van der Waals surface area contributed by atoms with Crippen LogP contribution in [0.25, 0.3) is 22.3 Å². The maximum Gasteiger partial charge on any atom is 0.163 e. The van der Waals surface area contributed by atoms with Gasteiger partial charge in [0.05, 0.1) is 5.52 Å². The molecule has 0 radical (unpaired) electrons. The molecule has 0 bridgehead atoms. The van der Waals surface area contributed by atoms with Gasteiger partial charge in [-0.05, 0) is 36.8 Å². The summed E-state index contributed by atoms with van der Waals surface area (Å²) in [4.78, 5) is 15.6. The molecule has 0 saturated carbocycles. The normalized spacial score (nSPS) is 10.9. The van der Waals surface area contributed by atoms with Crippen molar-refractivity contribution < 1.29 is 0 Å². The third-order valence-electron chi connectivity index (χ3n) is 3.38. The first-order valence-electron chi connectivity index (χ1n) is 6.62. The minimum atomic E-state index is 0.695. The highest BCUT2D eigenvalue weighted by Gasteiger charge is 2.13. The van der Waals surface area contributed by atoms with Crippen LogP contribution < -0.4 is 4.90 Å². The zero-order valence-electron chi connectivity index (χ0n) is 12.1. The second-order valence-corrected chi connectivity index (χ2v) is 5.93. The predicted octanol–water partition coefficient (Wildman–Crippen LogP) is 3.83. The highest BCUT2D eigenvalue weighted by molar-refractivity contribution is 9.10. The number of pyridine rings is 1. The fourth-order valence-electron chi connectivity index (χ4n) is 2.26. The van der Waals surface area contributed by atoms with Gasteiger partial charge < -0.3 is 4.90 Å². The van der Waals surface area contributed by atoms with Gasteiger partial charge >= 0.3 is 0 Å². The van der Waals surface area contributed by atoms with Gasteiger partial charge in [-0.25, -0.2) is 9.97 Å². The number of hydrogen-bond donors (Lipinski definition) is 0. The third kappa shape index (κ3) is 2.49. The van der Waals surface area contributed by atoms with E-state index in [1.807, 2.05) is 37.2 Å². The van der Waals surface area contributed by atoms with E-state index < -0.39 is 0 Å². The minimum absolute atomic E-state index is 0.695. The van der Waals surface area contributed by atoms with Gasteiger partial charge in [0, 0.05) is 41.9 Å². The Morgan fingerprint density at radius 3 is 2.57 bits per heavy atom. The first kappa shape index (κ1) is 13.9. The van der Waals surface area contributed by atoms with Crippen molar-refractivity contribution in [3.05, 3.63) is 46.7 Å². The number of anilines is 1. The lowest BCUT2D eigenvalue weighted by molar-refractivity contribution is 1.06. The van der Waals surface area contributed by atoms with E-state index in [0.29, 0.717) is 5.82 Å². The Labute approximate surface area is 132 Å². The van der Waals surface area contributed by atoms with Crippen molar-refractivity contribution in [1.29, 1.82) is 0 Å². The Bertz CT molecular complexity index is 800. The molecule has 2 heterocycles. The summed E-state index contributed by atoms with van der Waals surface area (Å²) < 4.78 is 1.05. The summed E-state index contributed by atoms with van der Waals surface area (Å²) in [6.07, 6.45) is 3.53. The molecular weight excluding hydrogens is 328 g/mol. The summed E-state index contributed by atoms with van der Waals surface area (Å²) in [5.41, 5.74) is 2.99.